The van der Waals surface area contributed by atoms with E-state index in [-0.39, 0.29) is 11.8 Å². The molecule has 0 atom stereocenters. The maximum Gasteiger partial charge on any atom is 0.224 e. The number of aromatic nitrogens is 2. The van der Waals surface area contributed by atoms with Crippen molar-refractivity contribution in [3.8, 4) is 0 Å². The van der Waals surface area contributed by atoms with Crippen molar-refractivity contribution in [3.63, 3.8) is 0 Å². The van der Waals surface area contributed by atoms with Crippen molar-refractivity contribution < 1.29 is 4.79 Å². The highest BCUT2D eigenvalue weighted by atomic mass is 16.2. The maximum atomic E-state index is 12.1. The standard InChI is InChI=1S/C15H25N5O/c1-11(2)15-18-12(16)10-13(19-15)17-7-6-14(21)20-8-4-3-5-9-20/h10-11H,3-9H2,1-2H3,(H3,16,17,18,19). The van der Waals surface area contributed by atoms with E-state index in [1.165, 1.54) is 6.42 Å². The third-order valence-corrected chi connectivity index (χ3v) is 3.63. The number of piperidine rings is 1. The first-order valence-electron chi connectivity index (χ1n) is 7.72. The van der Waals surface area contributed by atoms with Crippen molar-refractivity contribution in [1.29, 1.82) is 0 Å². The van der Waals surface area contributed by atoms with Crippen LogP contribution in [0.25, 0.3) is 0 Å². The van der Waals surface area contributed by atoms with Gasteiger partial charge in [-0.2, -0.15) is 0 Å². The second-order valence-corrected chi connectivity index (χ2v) is 5.81. The van der Waals surface area contributed by atoms with E-state index < -0.39 is 0 Å². The minimum atomic E-state index is 0.216. The molecule has 1 aromatic heterocycles. The Kier molecular flexibility index (Phi) is 5.36. The Balaban J connectivity index is 1.84. The number of carbonyl (C=O) groups excluding carboxylic acids is 1. The number of amides is 1. The topological polar surface area (TPSA) is 84.1 Å². The summed E-state index contributed by atoms with van der Waals surface area (Å²) in [5, 5.41) is 3.17. The summed E-state index contributed by atoms with van der Waals surface area (Å²) in [6.07, 6.45) is 3.97. The molecule has 0 aliphatic carbocycles. The summed E-state index contributed by atoms with van der Waals surface area (Å²) in [5.74, 6) is 2.31. The fourth-order valence-electron chi connectivity index (χ4n) is 2.43. The summed E-state index contributed by atoms with van der Waals surface area (Å²) >= 11 is 0. The van der Waals surface area contributed by atoms with Crippen molar-refractivity contribution >= 4 is 17.5 Å². The molecule has 6 nitrogen and oxygen atoms in total. The molecule has 1 aliphatic heterocycles. The molecule has 21 heavy (non-hydrogen) atoms. The van der Waals surface area contributed by atoms with Crippen LogP contribution in [-0.2, 0) is 4.79 Å². The number of nitrogen functional groups attached to an aromatic ring is 1. The molecule has 1 aliphatic rings. The van der Waals surface area contributed by atoms with Crippen LogP contribution in [0, 0.1) is 0 Å². The van der Waals surface area contributed by atoms with Crippen molar-refractivity contribution in [1.82, 2.24) is 14.9 Å². The van der Waals surface area contributed by atoms with E-state index >= 15 is 0 Å². The van der Waals surface area contributed by atoms with Gasteiger partial charge in [0.1, 0.15) is 17.5 Å². The normalized spacial score (nSPS) is 15.3. The first kappa shape index (κ1) is 15.5. The molecule has 116 valence electrons. The Morgan fingerprint density at radius 2 is 2.05 bits per heavy atom. The molecule has 0 aromatic carbocycles. The lowest BCUT2D eigenvalue weighted by Crippen LogP contribution is -2.36. The molecule has 2 rings (SSSR count). The highest BCUT2D eigenvalue weighted by Crippen LogP contribution is 2.15. The second-order valence-electron chi connectivity index (χ2n) is 5.81. The number of rotatable bonds is 5. The highest BCUT2D eigenvalue weighted by Gasteiger charge is 2.15. The number of hydrogen-bond donors (Lipinski definition) is 2. The minimum Gasteiger partial charge on any atom is -0.384 e. The fraction of sp³-hybridized carbons (Fsp3) is 0.667. The van der Waals surface area contributed by atoms with E-state index in [1.54, 1.807) is 6.07 Å². The highest BCUT2D eigenvalue weighted by molar-refractivity contribution is 5.76. The first-order chi connectivity index (χ1) is 10.1. The Morgan fingerprint density at radius 1 is 1.33 bits per heavy atom. The predicted octanol–water partition coefficient (Wildman–Crippen LogP) is 2.00. The number of nitrogens with one attached hydrogen (secondary N) is 1. The Hall–Kier alpha value is -1.85. The van der Waals surface area contributed by atoms with E-state index in [1.807, 2.05) is 18.7 Å². The summed E-state index contributed by atoms with van der Waals surface area (Å²) in [6.45, 7) is 6.42. The van der Waals surface area contributed by atoms with Crippen molar-refractivity contribution in [2.75, 3.05) is 30.7 Å². The quantitative estimate of drug-likeness (QED) is 0.866. The largest absolute Gasteiger partial charge is 0.384 e. The molecule has 0 unspecified atom stereocenters. The van der Waals surface area contributed by atoms with Gasteiger partial charge < -0.3 is 16.0 Å². The third-order valence-electron chi connectivity index (χ3n) is 3.63. The van der Waals surface area contributed by atoms with Gasteiger partial charge >= 0.3 is 0 Å². The molecule has 1 saturated heterocycles. The molecule has 2 heterocycles. The average Bonchev–Trinajstić information content (AvgIpc) is 2.47. The number of anilines is 2. The van der Waals surface area contributed by atoms with Gasteiger partial charge in [-0.1, -0.05) is 13.8 Å². The van der Waals surface area contributed by atoms with Crippen LogP contribution < -0.4 is 11.1 Å². The van der Waals surface area contributed by atoms with Gasteiger partial charge in [-0.05, 0) is 19.3 Å². The van der Waals surface area contributed by atoms with Gasteiger partial charge in [0.25, 0.3) is 0 Å². The van der Waals surface area contributed by atoms with E-state index in [0.29, 0.717) is 24.6 Å². The van der Waals surface area contributed by atoms with Crippen molar-refractivity contribution in [3.05, 3.63) is 11.9 Å². The summed E-state index contributed by atoms with van der Waals surface area (Å²) in [4.78, 5) is 22.6. The summed E-state index contributed by atoms with van der Waals surface area (Å²) in [6, 6.07) is 1.71. The van der Waals surface area contributed by atoms with E-state index in [9.17, 15) is 4.79 Å². The Labute approximate surface area is 126 Å². The van der Waals surface area contributed by atoms with Gasteiger partial charge in [-0.3, -0.25) is 4.79 Å². The number of hydrogen-bond acceptors (Lipinski definition) is 5. The summed E-state index contributed by atoms with van der Waals surface area (Å²) < 4.78 is 0. The van der Waals surface area contributed by atoms with E-state index in [2.05, 4.69) is 15.3 Å². The zero-order valence-electron chi connectivity index (χ0n) is 12.9. The molecule has 1 aromatic rings. The SMILES string of the molecule is CC(C)c1nc(N)cc(NCCC(=O)N2CCCCC2)n1. The monoisotopic (exact) mass is 291 g/mol. The average molecular weight is 291 g/mol. The first-order valence-corrected chi connectivity index (χ1v) is 7.72. The van der Waals surface area contributed by atoms with Crippen LogP contribution in [0.2, 0.25) is 0 Å². The lowest BCUT2D eigenvalue weighted by Gasteiger charge is -2.26. The van der Waals surface area contributed by atoms with Gasteiger partial charge in [0.2, 0.25) is 5.91 Å². The lowest BCUT2D eigenvalue weighted by atomic mass is 10.1. The van der Waals surface area contributed by atoms with Crippen LogP contribution in [0.4, 0.5) is 11.6 Å². The fourth-order valence-corrected chi connectivity index (χ4v) is 2.43. The van der Waals surface area contributed by atoms with Crippen LogP contribution in [0.3, 0.4) is 0 Å². The van der Waals surface area contributed by atoms with Crippen LogP contribution >= 0.6 is 0 Å². The molecule has 0 spiro atoms. The van der Waals surface area contributed by atoms with Gasteiger partial charge in [0, 0.05) is 38.0 Å². The van der Waals surface area contributed by atoms with Gasteiger partial charge in [0.15, 0.2) is 0 Å². The number of carbonyl (C=O) groups is 1. The Morgan fingerprint density at radius 3 is 2.71 bits per heavy atom. The van der Waals surface area contributed by atoms with Crippen LogP contribution in [0.1, 0.15) is 51.3 Å². The second kappa shape index (κ2) is 7.24. The maximum absolute atomic E-state index is 12.1. The lowest BCUT2D eigenvalue weighted by molar-refractivity contribution is -0.131. The predicted molar refractivity (Wildman–Crippen MR) is 84.1 cm³/mol. The molecule has 6 heteroatoms. The molecular weight excluding hydrogens is 266 g/mol. The third kappa shape index (κ3) is 4.58. The number of nitrogens with two attached hydrogens (primary N) is 1. The molecule has 0 bridgehead atoms. The van der Waals surface area contributed by atoms with Gasteiger partial charge in [-0.15, -0.1) is 0 Å². The molecule has 0 saturated carbocycles. The Bertz CT molecular complexity index is 483. The van der Waals surface area contributed by atoms with Gasteiger partial charge in [0.05, 0.1) is 0 Å². The minimum absolute atomic E-state index is 0.216. The van der Waals surface area contributed by atoms with E-state index in [0.717, 1.165) is 31.8 Å². The molecular formula is C15H25N5O. The van der Waals surface area contributed by atoms with Crippen molar-refractivity contribution in [2.24, 2.45) is 0 Å². The zero-order valence-corrected chi connectivity index (χ0v) is 12.9. The van der Waals surface area contributed by atoms with E-state index in [4.69, 9.17) is 5.73 Å². The van der Waals surface area contributed by atoms with Crippen LogP contribution in [0.5, 0.6) is 0 Å². The smallest absolute Gasteiger partial charge is 0.224 e. The number of likely N-dealkylation sites (tertiary alicyclic amines) is 1. The van der Waals surface area contributed by atoms with Crippen LogP contribution in [-0.4, -0.2) is 40.4 Å². The number of nitrogens with zero attached hydrogens (tertiary/aromatic N) is 3. The summed E-state index contributed by atoms with van der Waals surface area (Å²) in [5.41, 5.74) is 5.78. The molecule has 3 N–H and O–H groups in total. The molecule has 1 amide bonds. The van der Waals surface area contributed by atoms with Crippen LogP contribution in [0.15, 0.2) is 6.07 Å². The zero-order chi connectivity index (χ0) is 15.2. The van der Waals surface area contributed by atoms with Crippen molar-refractivity contribution in [2.45, 2.75) is 45.4 Å². The summed E-state index contributed by atoms with van der Waals surface area (Å²) in [7, 11) is 0. The molecule has 0 radical (unpaired) electrons. The van der Waals surface area contributed by atoms with Gasteiger partial charge in [-0.25, -0.2) is 9.97 Å². The molecule has 1 fully saturated rings.